The minimum atomic E-state index is 0.243. The summed E-state index contributed by atoms with van der Waals surface area (Å²) in [7, 11) is 0. The van der Waals surface area contributed by atoms with Crippen LogP contribution >= 0.6 is 0 Å². The fourth-order valence-electron chi connectivity index (χ4n) is 2.36. The quantitative estimate of drug-likeness (QED) is 0.878. The summed E-state index contributed by atoms with van der Waals surface area (Å²) in [5.74, 6) is 1.84. The largest absolute Gasteiger partial charge is 0.478 e. The van der Waals surface area contributed by atoms with E-state index in [0.29, 0.717) is 24.4 Å². The highest BCUT2D eigenvalue weighted by Crippen LogP contribution is 2.27. The number of piperidine rings is 1. The second-order valence-corrected chi connectivity index (χ2v) is 4.77. The summed E-state index contributed by atoms with van der Waals surface area (Å²) < 4.78 is 5.40. The molecule has 1 N–H and O–H groups in total. The molecule has 1 fully saturated rings. The van der Waals surface area contributed by atoms with E-state index in [2.05, 4.69) is 21.8 Å². The van der Waals surface area contributed by atoms with Gasteiger partial charge in [-0.1, -0.05) is 0 Å². The Morgan fingerprint density at radius 2 is 2.28 bits per heavy atom. The van der Waals surface area contributed by atoms with Crippen molar-refractivity contribution in [2.24, 2.45) is 5.92 Å². The molecule has 2 rings (SSSR count). The van der Waals surface area contributed by atoms with Crippen LogP contribution in [0.4, 0.5) is 5.82 Å². The van der Waals surface area contributed by atoms with E-state index in [9.17, 15) is 5.11 Å². The Hall–Kier alpha value is -1.36. The van der Waals surface area contributed by atoms with E-state index in [0.717, 1.165) is 25.2 Å². The predicted octanol–water partition coefficient (Wildman–Crippen LogP) is 1.47. The molecule has 2 heterocycles. The van der Waals surface area contributed by atoms with Crippen molar-refractivity contribution in [1.29, 1.82) is 0 Å². The van der Waals surface area contributed by atoms with Crippen molar-refractivity contribution in [3.8, 4) is 5.88 Å². The molecule has 1 saturated heterocycles. The first-order valence-electron chi connectivity index (χ1n) is 6.57. The third-order valence-corrected chi connectivity index (χ3v) is 3.45. The Bertz CT molecular complexity index is 386. The highest BCUT2D eigenvalue weighted by atomic mass is 16.5. The molecule has 1 aromatic heterocycles. The van der Waals surface area contributed by atoms with Crippen LogP contribution in [0.5, 0.6) is 5.88 Å². The van der Waals surface area contributed by atoms with Gasteiger partial charge >= 0.3 is 0 Å². The van der Waals surface area contributed by atoms with Gasteiger partial charge in [-0.3, -0.25) is 0 Å². The molecule has 5 heteroatoms. The number of rotatable bonds is 4. The lowest BCUT2D eigenvalue weighted by Gasteiger charge is -2.38. The molecule has 0 amide bonds. The van der Waals surface area contributed by atoms with E-state index in [4.69, 9.17) is 4.74 Å². The minimum absolute atomic E-state index is 0.243. The molecule has 0 aliphatic carbocycles. The molecule has 0 radical (unpaired) electrons. The highest BCUT2D eigenvalue weighted by Gasteiger charge is 2.26. The van der Waals surface area contributed by atoms with Gasteiger partial charge in [-0.15, -0.1) is 0 Å². The van der Waals surface area contributed by atoms with Crippen molar-refractivity contribution >= 4 is 5.82 Å². The minimum Gasteiger partial charge on any atom is -0.478 e. The van der Waals surface area contributed by atoms with E-state index in [-0.39, 0.29) is 6.61 Å². The van der Waals surface area contributed by atoms with Crippen LogP contribution in [-0.4, -0.2) is 40.9 Å². The summed E-state index contributed by atoms with van der Waals surface area (Å²) in [6, 6.07) is 2.32. The Balaban J connectivity index is 2.15. The van der Waals surface area contributed by atoms with Gasteiger partial charge in [0.05, 0.1) is 6.61 Å². The van der Waals surface area contributed by atoms with Gasteiger partial charge in [0.1, 0.15) is 12.1 Å². The van der Waals surface area contributed by atoms with Crippen LogP contribution in [0.2, 0.25) is 0 Å². The smallest absolute Gasteiger partial charge is 0.218 e. The molecule has 0 unspecified atom stereocenters. The van der Waals surface area contributed by atoms with Crippen molar-refractivity contribution in [1.82, 2.24) is 9.97 Å². The first kappa shape index (κ1) is 13.1. The molecule has 1 aliphatic heterocycles. The van der Waals surface area contributed by atoms with Crippen LogP contribution < -0.4 is 9.64 Å². The van der Waals surface area contributed by atoms with Crippen LogP contribution in [-0.2, 0) is 0 Å². The van der Waals surface area contributed by atoms with Gasteiger partial charge in [0, 0.05) is 25.3 Å². The third kappa shape index (κ3) is 2.90. The summed E-state index contributed by atoms with van der Waals surface area (Å²) in [5.41, 5.74) is 0. The number of aromatic nitrogens is 2. The normalized spacial score (nSPS) is 24.1. The van der Waals surface area contributed by atoms with Gasteiger partial charge in [-0.25, -0.2) is 9.97 Å². The monoisotopic (exact) mass is 251 g/mol. The summed E-state index contributed by atoms with van der Waals surface area (Å²) in [6.45, 7) is 5.82. The van der Waals surface area contributed by atoms with Crippen LogP contribution in [0.3, 0.4) is 0 Å². The summed E-state index contributed by atoms with van der Waals surface area (Å²) in [6.07, 6.45) is 3.70. The number of ether oxygens (including phenoxy) is 1. The predicted molar refractivity (Wildman–Crippen MR) is 69.8 cm³/mol. The maximum Gasteiger partial charge on any atom is 0.218 e. The molecule has 0 spiro atoms. The van der Waals surface area contributed by atoms with Crippen molar-refractivity contribution < 1.29 is 9.84 Å². The molecule has 1 aromatic rings. The molecule has 18 heavy (non-hydrogen) atoms. The van der Waals surface area contributed by atoms with Gasteiger partial charge in [0.15, 0.2) is 0 Å². The second-order valence-electron chi connectivity index (χ2n) is 4.77. The first-order valence-corrected chi connectivity index (χ1v) is 6.57. The van der Waals surface area contributed by atoms with Crippen molar-refractivity contribution in [2.75, 3.05) is 24.7 Å². The zero-order valence-electron chi connectivity index (χ0n) is 11.0. The molecule has 1 aliphatic rings. The Morgan fingerprint density at radius 1 is 1.44 bits per heavy atom. The molecule has 0 saturated carbocycles. The number of nitrogens with zero attached hydrogens (tertiary/aromatic N) is 3. The Kier molecular flexibility index (Phi) is 4.36. The number of aliphatic hydroxyl groups excluding tert-OH is 1. The van der Waals surface area contributed by atoms with Gasteiger partial charge in [-0.2, -0.15) is 0 Å². The van der Waals surface area contributed by atoms with Gasteiger partial charge in [-0.05, 0) is 32.6 Å². The molecular formula is C13H21N3O2. The van der Waals surface area contributed by atoms with Gasteiger partial charge < -0.3 is 14.7 Å². The van der Waals surface area contributed by atoms with E-state index in [1.807, 2.05) is 13.0 Å². The lowest BCUT2D eigenvalue weighted by Crippen LogP contribution is -2.43. The van der Waals surface area contributed by atoms with E-state index >= 15 is 0 Å². The van der Waals surface area contributed by atoms with E-state index < -0.39 is 0 Å². The van der Waals surface area contributed by atoms with E-state index in [1.165, 1.54) is 6.33 Å². The summed E-state index contributed by atoms with van der Waals surface area (Å²) >= 11 is 0. The molecule has 5 nitrogen and oxygen atoms in total. The summed E-state index contributed by atoms with van der Waals surface area (Å²) in [5, 5.41) is 9.30. The van der Waals surface area contributed by atoms with Crippen molar-refractivity contribution in [2.45, 2.75) is 32.7 Å². The average molecular weight is 251 g/mol. The molecule has 2 atom stereocenters. The molecule has 0 bridgehead atoms. The number of hydrogen-bond donors (Lipinski definition) is 1. The highest BCUT2D eigenvalue weighted by molar-refractivity contribution is 5.42. The number of anilines is 1. The first-order chi connectivity index (χ1) is 8.74. The van der Waals surface area contributed by atoms with Gasteiger partial charge in [0.25, 0.3) is 0 Å². The SMILES string of the molecule is CCOc1cc(N2C[C@@H](CO)CC[C@@H]2C)ncn1. The molecule has 0 aromatic carbocycles. The van der Waals surface area contributed by atoms with Crippen LogP contribution in [0.1, 0.15) is 26.7 Å². The van der Waals surface area contributed by atoms with E-state index in [1.54, 1.807) is 0 Å². The average Bonchev–Trinajstić information content (AvgIpc) is 2.40. The van der Waals surface area contributed by atoms with Crippen molar-refractivity contribution in [3.63, 3.8) is 0 Å². The van der Waals surface area contributed by atoms with Crippen LogP contribution in [0, 0.1) is 5.92 Å². The standard InChI is InChI=1S/C13H21N3O2/c1-3-18-13-6-12(14-9-15-13)16-7-11(8-17)5-4-10(16)2/h6,9-11,17H,3-5,7-8H2,1-2H3/t10-,11-/m0/s1. The Morgan fingerprint density at radius 3 is 3.00 bits per heavy atom. The fraction of sp³-hybridized carbons (Fsp3) is 0.692. The zero-order valence-corrected chi connectivity index (χ0v) is 11.0. The Labute approximate surface area is 108 Å². The topological polar surface area (TPSA) is 58.5 Å². The summed E-state index contributed by atoms with van der Waals surface area (Å²) in [4.78, 5) is 10.6. The van der Waals surface area contributed by atoms with Crippen molar-refractivity contribution in [3.05, 3.63) is 12.4 Å². The maximum absolute atomic E-state index is 9.30. The molecular weight excluding hydrogens is 230 g/mol. The third-order valence-electron chi connectivity index (χ3n) is 3.45. The second kappa shape index (κ2) is 6.00. The maximum atomic E-state index is 9.30. The van der Waals surface area contributed by atoms with Gasteiger partial charge in [0.2, 0.25) is 5.88 Å². The number of hydrogen-bond acceptors (Lipinski definition) is 5. The molecule has 100 valence electrons. The zero-order chi connectivity index (χ0) is 13.0. The van der Waals surface area contributed by atoms with Crippen LogP contribution in [0.25, 0.3) is 0 Å². The lowest BCUT2D eigenvalue weighted by atomic mass is 9.94. The number of aliphatic hydroxyl groups is 1. The lowest BCUT2D eigenvalue weighted by molar-refractivity contribution is 0.199. The fourth-order valence-corrected chi connectivity index (χ4v) is 2.36. The van der Waals surface area contributed by atoms with Crippen LogP contribution in [0.15, 0.2) is 12.4 Å².